The molecule has 0 fully saturated rings. The minimum atomic E-state index is -0.0560. The van der Waals surface area contributed by atoms with Gasteiger partial charge in [0, 0.05) is 38.7 Å². The van der Waals surface area contributed by atoms with Crippen LogP contribution in [0.25, 0.3) is 16.6 Å². The molecule has 0 radical (unpaired) electrons. The molecule has 0 aliphatic heterocycles. The summed E-state index contributed by atoms with van der Waals surface area (Å²) in [6.45, 7) is 20.1. The average Bonchev–Trinajstić information content (AvgIpc) is 3.26. The first-order chi connectivity index (χ1) is 19.5. The van der Waals surface area contributed by atoms with Crippen LogP contribution in [0.4, 0.5) is 17.1 Å². The van der Waals surface area contributed by atoms with Crippen molar-refractivity contribution in [1.29, 1.82) is 0 Å². The van der Waals surface area contributed by atoms with E-state index in [1.54, 1.807) is 0 Å². The van der Waals surface area contributed by atoms with Crippen molar-refractivity contribution in [2.24, 2.45) is 0 Å². The molecule has 1 heterocycles. The second-order valence-electron chi connectivity index (χ2n) is 14.4. The summed E-state index contributed by atoms with van der Waals surface area (Å²) in [7, 11) is 0. The Bertz CT molecular complexity index is 1740. The summed E-state index contributed by atoms with van der Waals surface area (Å²) < 4.78 is 2.26. The van der Waals surface area contributed by atoms with E-state index in [2.05, 4.69) is 157 Å². The Morgan fingerprint density at radius 3 is 1.69 bits per heavy atom. The molecule has 0 aliphatic carbocycles. The zero-order valence-electron chi connectivity index (χ0n) is 26.3. The van der Waals surface area contributed by atoms with Crippen molar-refractivity contribution in [2.45, 2.75) is 78.6 Å². The molecule has 0 spiro atoms. The average molecular weight is 598 g/mol. The second kappa shape index (κ2) is 10.8. The molecule has 218 valence electrons. The fourth-order valence-corrected chi connectivity index (χ4v) is 5.83. The molecular weight excluding hydrogens is 555 g/mol. The SMILES string of the molecule is CC(C)(C)c1ccc(N(c2cc(Cl)cc(C(C)(C)C)c2)c2cn(-c3cc(Cl)cc(C(C)(C)C)c3)c3ccccc23)cc1. The van der Waals surface area contributed by atoms with Crippen LogP contribution in [0.5, 0.6) is 0 Å². The minimum absolute atomic E-state index is 0.0313. The number of nitrogens with zero attached hydrogens (tertiary/aromatic N) is 2. The Balaban J connectivity index is 1.80. The van der Waals surface area contributed by atoms with Gasteiger partial charge in [-0.1, -0.05) is 116 Å². The van der Waals surface area contributed by atoms with E-state index in [-0.39, 0.29) is 16.2 Å². The van der Waals surface area contributed by atoms with Gasteiger partial charge >= 0.3 is 0 Å². The van der Waals surface area contributed by atoms with Crippen molar-refractivity contribution in [3.8, 4) is 5.69 Å². The van der Waals surface area contributed by atoms with Crippen LogP contribution >= 0.6 is 23.2 Å². The number of hydrogen-bond acceptors (Lipinski definition) is 1. The van der Waals surface area contributed by atoms with Gasteiger partial charge in [0.15, 0.2) is 0 Å². The quantitative estimate of drug-likeness (QED) is 0.200. The molecule has 4 heteroatoms. The lowest BCUT2D eigenvalue weighted by atomic mass is 9.86. The molecule has 0 saturated heterocycles. The number of anilines is 3. The Morgan fingerprint density at radius 2 is 1.10 bits per heavy atom. The van der Waals surface area contributed by atoms with Gasteiger partial charge < -0.3 is 9.47 Å². The monoisotopic (exact) mass is 596 g/mol. The molecule has 0 N–H and O–H groups in total. The van der Waals surface area contributed by atoms with Gasteiger partial charge in [-0.15, -0.1) is 0 Å². The minimum Gasteiger partial charge on any atom is -0.314 e. The van der Waals surface area contributed by atoms with Gasteiger partial charge in [-0.2, -0.15) is 0 Å². The molecular formula is C38H42Cl2N2. The summed E-state index contributed by atoms with van der Waals surface area (Å²) >= 11 is 13.5. The maximum atomic E-state index is 6.81. The smallest absolute Gasteiger partial charge is 0.0721 e. The highest BCUT2D eigenvalue weighted by Gasteiger charge is 2.24. The standard InChI is InChI=1S/C38H42Cl2N2/c1-36(2,3)25-14-16-30(17-15-25)42(32-21-27(38(7,8)9)19-29(40)23-32)35-24-41(34-13-11-10-12-33(34)35)31-20-26(37(4,5)6)18-28(39)22-31/h10-24H,1-9H3. The van der Waals surface area contributed by atoms with E-state index < -0.39 is 0 Å². The zero-order chi connectivity index (χ0) is 30.6. The topological polar surface area (TPSA) is 8.17 Å². The van der Waals surface area contributed by atoms with E-state index in [0.717, 1.165) is 43.7 Å². The van der Waals surface area contributed by atoms with E-state index in [1.165, 1.54) is 16.7 Å². The highest BCUT2D eigenvalue weighted by Crippen LogP contribution is 2.44. The van der Waals surface area contributed by atoms with Gasteiger partial charge in [0.25, 0.3) is 0 Å². The molecule has 0 aliphatic rings. The number of para-hydroxylation sites is 1. The highest BCUT2D eigenvalue weighted by molar-refractivity contribution is 6.31. The number of fused-ring (bicyclic) bond motifs is 1. The molecule has 0 atom stereocenters. The van der Waals surface area contributed by atoms with E-state index in [0.29, 0.717) is 0 Å². The highest BCUT2D eigenvalue weighted by atomic mass is 35.5. The summed E-state index contributed by atoms with van der Waals surface area (Å²) in [5.74, 6) is 0. The first-order valence-corrected chi connectivity index (χ1v) is 15.4. The summed E-state index contributed by atoms with van der Waals surface area (Å²) in [5, 5.41) is 2.60. The lowest BCUT2D eigenvalue weighted by Gasteiger charge is -2.28. The Hall–Kier alpha value is -3.20. The maximum absolute atomic E-state index is 6.81. The zero-order valence-corrected chi connectivity index (χ0v) is 27.8. The first-order valence-electron chi connectivity index (χ1n) is 14.7. The fourth-order valence-electron chi connectivity index (χ4n) is 5.37. The third-order valence-corrected chi connectivity index (χ3v) is 8.39. The molecule has 0 bridgehead atoms. The number of halogens is 2. The molecule has 42 heavy (non-hydrogen) atoms. The molecule has 0 unspecified atom stereocenters. The number of benzene rings is 4. The number of aromatic nitrogens is 1. The van der Waals surface area contributed by atoms with Crippen molar-refractivity contribution in [3.05, 3.63) is 118 Å². The Labute approximate surface area is 261 Å². The van der Waals surface area contributed by atoms with E-state index in [9.17, 15) is 0 Å². The van der Waals surface area contributed by atoms with Crippen LogP contribution in [0.3, 0.4) is 0 Å². The van der Waals surface area contributed by atoms with Crippen LogP contribution < -0.4 is 4.90 Å². The van der Waals surface area contributed by atoms with Gasteiger partial charge in [-0.3, -0.25) is 0 Å². The Kier molecular flexibility index (Phi) is 7.79. The van der Waals surface area contributed by atoms with Crippen molar-refractivity contribution in [1.82, 2.24) is 4.57 Å². The maximum Gasteiger partial charge on any atom is 0.0721 e. The van der Waals surface area contributed by atoms with E-state index in [1.807, 2.05) is 6.07 Å². The van der Waals surface area contributed by atoms with Gasteiger partial charge in [0.1, 0.15) is 0 Å². The summed E-state index contributed by atoms with van der Waals surface area (Å²) in [5.41, 5.74) is 9.00. The predicted octanol–water partition coefficient (Wildman–Crippen LogP) is 12.3. The lowest BCUT2D eigenvalue weighted by molar-refractivity contribution is 0.589. The van der Waals surface area contributed by atoms with Crippen LogP contribution in [0, 0.1) is 0 Å². The van der Waals surface area contributed by atoms with Crippen molar-refractivity contribution < 1.29 is 0 Å². The van der Waals surface area contributed by atoms with E-state index in [4.69, 9.17) is 23.2 Å². The fraction of sp³-hybridized carbons (Fsp3) is 0.316. The molecule has 5 rings (SSSR count). The van der Waals surface area contributed by atoms with Crippen molar-refractivity contribution in [2.75, 3.05) is 4.90 Å². The first kappa shape index (κ1) is 30.3. The van der Waals surface area contributed by atoms with Crippen LogP contribution in [0.15, 0.2) is 91.1 Å². The molecule has 0 saturated carbocycles. The van der Waals surface area contributed by atoms with Gasteiger partial charge in [-0.05, 0) is 87.5 Å². The Morgan fingerprint density at radius 1 is 0.548 bits per heavy atom. The third-order valence-electron chi connectivity index (χ3n) is 7.96. The van der Waals surface area contributed by atoms with Crippen LogP contribution in [0.2, 0.25) is 10.0 Å². The second-order valence-corrected chi connectivity index (χ2v) is 15.3. The van der Waals surface area contributed by atoms with Gasteiger partial charge in [0.2, 0.25) is 0 Å². The summed E-state index contributed by atoms with van der Waals surface area (Å²) in [4.78, 5) is 2.33. The van der Waals surface area contributed by atoms with Gasteiger partial charge in [-0.25, -0.2) is 0 Å². The third kappa shape index (κ3) is 6.12. The molecule has 1 aromatic heterocycles. The van der Waals surface area contributed by atoms with Gasteiger partial charge in [0.05, 0.1) is 11.2 Å². The predicted molar refractivity (Wildman–Crippen MR) is 184 cm³/mol. The van der Waals surface area contributed by atoms with Crippen LogP contribution in [-0.2, 0) is 16.2 Å². The molecule has 5 aromatic rings. The molecule has 4 aromatic carbocycles. The summed E-state index contributed by atoms with van der Waals surface area (Å²) in [6, 6.07) is 30.3. The molecule has 0 amide bonds. The van der Waals surface area contributed by atoms with Crippen molar-refractivity contribution in [3.63, 3.8) is 0 Å². The largest absolute Gasteiger partial charge is 0.314 e. The van der Waals surface area contributed by atoms with Crippen LogP contribution in [-0.4, -0.2) is 4.57 Å². The van der Waals surface area contributed by atoms with Crippen LogP contribution in [0.1, 0.15) is 79.0 Å². The van der Waals surface area contributed by atoms with Crippen molar-refractivity contribution >= 4 is 51.2 Å². The lowest BCUT2D eigenvalue weighted by Crippen LogP contribution is -2.15. The summed E-state index contributed by atoms with van der Waals surface area (Å²) in [6.07, 6.45) is 2.23. The van der Waals surface area contributed by atoms with E-state index >= 15 is 0 Å². The number of hydrogen-bond donors (Lipinski definition) is 0. The normalized spacial score (nSPS) is 12.6. The number of rotatable bonds is 4. The molecule has 2 nitrogen and oxygen atoms in total.